The lowest BCUT2D eigenvalue weighted by molar-refractivity contribution is -0.118. The van der Waals surface area contributed by atoms with E-state index in [-0.39, 0.29) is 17.9 Å². The highest BCUT2D eigenvalue weighted by Crippen LogP contribution is 2.27. The fourth-order valence-electron chi connectivity index (χ4n) is 3.60. The molecular weight excluding hydrogens is 543 g/mol. The van der Waals surface area contributed by atoms with Gasteiger partial charge in [0.1, 0.15) is 11.6 Å². The third kappa shape index (κ3) is 6.21. The molecule has 0 aliphatic rings. The van der Waals surface area contributed by atoms with Crippen molar-refractivity contribution in [2.75, 3.05) is 19.0 Å². The second kappa shape index (κ2) is 11.8. The molecule has 0 saturated heterocycles. The van der Waals surface area contributed by atoms with E-state index < -0.39 is 11.7 Å². The molecule has 1 aromatic heterocycles. The molecule has 0 fully saturated rings. The van der Waals surface area contributed by atoms with Gasteiger partial charge in [0, 0.05) is 10.9 Å². The Kier molecular flexibility index (Phi) is 8.29. The molecule has 0 radical (unpaired) electrons. The fraction of sp³-hybridized carbons (Fsp3) is 0.185. The number of fused-ring (bicyclic) bond motifs is 1. The fourth-order valence-corrected chi connectivity index (χ4v) is 3.96. The Balaban J connectivity index is 1.54. The van der Waals surface area contributed by atoms with E-state index in [1.54, 1.807) is 36.4 Å². The molecule has 4 aromatic rings. The van der Waals surface area contributed by atoms with Crippen LogP contribution in [0.15, 0.2) is 75.0 Å². The van der Waals surface area contributed by atoms with Crippen LogP contribution in [0.25, 0.3) is 10.9 Å². The smallest absolute Gasteiger partial charge is 0.282 e. The van der Waals surface area contributed by atoms with Crippen molar-refractivity contribution in [3.63, 3.8) is 0 Å². The van der Waals surface area contributed by atoms with Crippen molar-refractivity contribution in [3.8, 4) is 11.5 Å². The second-order valence-electron chi connectivity index (χ2n) is 8.03. The molecule has 0 spiro atoms. The molecule has 10 heteroatoms. The Hall–Kier alpha value is -4.05. The number of carbonyl (C=O) groups excluding carboxylic acids is 1. The van der Waals surface area contributed by atoms with E-state index in [2.05, 4.69) is 31.3 Å². The molecule has 8 nitrogen and oxygen atoms in total. The number of rotatable bonds is 9. The van der Waals surface area contributed by atoms with Crippen molar-refractivity contribution in [1.29, 1.82) is 0 Å². The summed E-state index contributed by atoms with van der Waals surface area (Å²) < 4.78 is 26.8. The standard InChI is InChI=1S/C27H24BrFN4O4/c1-3-6-25-31-21-11-10-18(28)14-19(21)27(35)33(25)30-15-17-9-12-23(24(13-17)36-2)37-16-26(34)32-22-8-5-4-7-20(22)29/h4-5,7-15H,3,6,16H2,1-2H3,(H,32,34). The van der Waals surface area contributed by atoms with E-state index >= 15 is 0 Å². The molecule has 0 atom stereocenters. The maximum Gasteiger partial charge on any atom is 0.282 e. The first-order valence-electron chi connectivity index (χ1n) is 11.5. The van der Waals surface area contributed by atoms with Crippen LogP contribution in [0.2, 0.25) is 0 Å². The summed E-state index contributed by atoms with van der Waals surface area (Å²) in [4.78, 5) is 30.0. The Morgan fingerprint density at radius 1 is 1.16 bits per heavy atom. The molecule has 0 aliphatic carbocycles. The molecule has 3 aromatic carbocycles. The summed E-state index contributed by atoms with van der Waals surface area (Å²) in [6, 6.07) is 16.3. The number of carbonyl (C=O) groups is 1. The van der Waals surface area contributed by atoms with E-state index in [9.17, 15) is 14.0 Å². The van der Waals surface area contributed by atoms with Gasteiger partial charge >= 0.3 is 0 Å². The van der Waals surface area contributed by atoms with Crippen LogP contribution in [0.5, 0.6) is 11.5 Å². The van der Waals surface area contributed by atoms with Crippen LogP contribution < -0.4 is 20.3 Å². The summed E-state index contributed by atoms with van der Waals surface area (Å²) in [5, 5.41) is 7.34. The summed E-state index contributed by atoms with van der Waals surface area (Å²) in [5.41, 5.74) is 1.07. The van der Waals surface area contributed by atoms with Crippen LogP contribution in [0.4, 0.5) is 10.1 Å². The van der Waals surface area contributed by atoms with Gasteiger partial charge in [0.25, 0.3) is 11.5 Å². The minimum atomic E-state index is -0.535. The highest BCUT2D eigenvalue weighted by Gasteiger charge is 2.12. The number of aryl methyl sites for hydroxylation is 1. The van der Waals surface area contributed by atoms with Crippen LogP contribution in [-0.4, -0.2) is 35.5 Å². The number of nitrogens with one attached hydrogen (secondary N) is 1. The van der Waals surface area contributed by atoms with Crippen LogP contribution in [-0.2, 0) is 11.2 Å². The normalized spacial score (nSPS) is 11.1. The van der Waals surface area contributed by atoms with Crippen molar-refractivity contribution >= 4 is 44.6 Å². The Labute approximate surface area is 220 Å². The average molecular weight is 567 g/mol. The summed E-state index contributed by atoms with van der Waals surface area (Å²) in [6.07, 6.45) is 2.92. The van der Waals surface area contributed by atoms with E-state index in [0.29, 0.717) is 40.2 Å². The SMILES string of the molecule is CCCc1nc2ccc(Br)cc2c(=O)n1N=Cc1ccc(OCC(=O)Nc2ccccc2F)c(OC)c1. The number of methoxy groups -OCH3 is 1. The van der Waals surface area contributed by atoms with Crippen molar-refractivity contribution in [1.82, 2.24) is 9.66 Å². The molecule has 1 heterocycles. The van der Waals surface area contributed by atoms with Gasteiger partial charge in [0.05, 0.1) is 29.9 Å². The number of amides is 1. The maximum atomic E-state index is 13.7. The number of benzene rings is 3. The second-order valence-corrected chi connectivity index (χ2v) is 8.94. The van der Waals surface area contributed by atoms with Gasteiger partial charge in [-0.05, 0) is 60.5 Å². The van der Waals surface area contributed by atoms with Crippen LogP contribution in [0.3, 0.4) is 0 Å². The van der Waals surface area contributed by atoms with Crippen LogP contribution in [0, 0.1) is 5.82 Å². The molecule has 0 saturated carbocycles. The first-order chi connectivity index (χ1) is 17.9. The number of hydrogen-bond acceptors (Lipinski definition) is 6. The summed E-state index contributed by atoms with van der Waals surface area (Å²) >= 11 is 3.40. The van der Waals surface area contributed by atoms with Gasteiger partial charge in [-0.15, -0.1) is 0 Å². The molecular formula is C27H24BrFN4O4. The Morgan fingerprint density at radius 3 is 2.73 bits per heavy atom. The van der Waals surface area contributed by atoms with Crippen LogP contribution in [0.1, 0.15) is 24.7 Å². The molecule has 37 heavy (non-hydrogen) atoms. The van der Waals surface area contributed by atoms with Gasteiger partial charge in [0.2, 0.25) is 0 Å². The van der Waals surface area contributed by atoms with Crippen molar-refractivity contribution in [2.45, 2.75) is 19.8 Å². The van der Waals surface area contributed by atoms with E-state index in [1.165, 1.54) is 36.2 Å². The zero-order valence-electron chi connectivity index (χ0n) is 20.2. The zero-order chi connectivity index (χ0) is 26.4. The first-order valence-corrected chi connectivity index (χ1v) is 12.3. The first kappa shape index (κ1) is 26.0. The van der Waals surface area contributed by atoms with Gasteiger partial charge in [-0.2, -0.15) is 9.78 Å². The minimum absolute atomic E-state index is 0.0721. The summed E-state index contributed by atoms with van der Waals surface area (Å²) in [5.74, 6) is 0.198. The largest absolute Gasteiger partial charge is 0.493 e. The minimum Gasteiger partial charge on any atom is -0.493 e. The van der Waals surface area contributed by atoms with Gasteiger partial charge in [0.15, 0.2) is 18.1 Å². The van der Waals surface area contributed by atoms with E-state index in [1.807, 2.05) is 13.0 Å². The highest BCUT2D eigenvalue weighted by molar-refractivity contribution is 9.10. The van der Waals surface area contributed by atoms with Crippen molar-refractivity contribution in [2.24, 2.45) is 5.10 Å². The van der Waals surface area contributed by atoms with Gasteiger partial charge < -0.3 is 14.8 Å². The highest BCUT2D eigenvalue weighted by atomic mass is 79.9. The summed E-state index contributed by atoms with van der Waals surface area (Å²) in [6.45, 7) is 1.67. The number of hydrogen-bond donors (Lipinski definition) is 1. The quantitative estimate of drug-likeness (QED) is 0.282. The van der Waals surface area contributed by atoms with Crippen molar-refractivity contribution in [3.05, 3.63) is 92.7 Å². The number of halogens is 2. The number of nitrogens with zero attached hydrogens (tertiary/aromatic N) is 3. The van der Waals surface area contributed by atoms with Gasteiger partial charge in [-0.3, -0.25) is 9.59 Å². The average Bonchev–Trinajstić information content (AvgIpc) is 2.89. The molecule has 1 amide bonds. The maximum absolute atomic E-state index is 13.7. The predicted molar refractivity (Wildman–Crippen MR) is 144 cm³/mol. The Bertz CT molecular complexity index is 1540. The molecule has 190 valence electrons. The third-order valence-corrected chi connectivity index (χ3v) is 5.86. The molecule has 0 aliphatic heterocycles. The zero-order valence-corrected chi connectivity index (χ0v) is 21.8. The number of anilines is 1. The molecule has 1 N–H and O–H groups in total. The molecule has 4 rings (SSSR count). The molecule has 0 unspecified atom stereocenters. The number of ether oxygens (including phenoxy) is 2. The monoisotopic (exact) mass is 566 g/mol. The van der Waals surface area contributed by atoms with E-state index in [0.717, 1.165) is 10.9 Å². The summed E-state index contributed by atoms with van der Waals surface area (Å²) in [7, 11) is 1.47. The lowest BCUT2D eigenvalue weighted by Gasteiger charge is -2.12. The third-order valence-electron chi connectivity index (χ3n) is 5.37. The number of aromatic nitrogens is 2. The number of para-hydroxylation sites is 1. The van der Waals surface area contributed by atoms with E-state index in [4.69, 9.17) is 9.47 Å². The topological polar surface area (TPSA) is 94.8 Å². The predicted octanol–water partition coefficient (Wildman–Crippen LogP) is 5.16. The molecule has 0 bridgehead atoms. The van der Waals surface area contributed by atoms with Gasteiger partial charge in [-0.1, -0.05) is 35.0 Å². The Morgan fingerprint density at radius 2 is 1.97 bits per heavy atom. The lowest BCUT2D eigenvalue weighted by atomic mass is 10.2. The lowest BCUT2D eigenvalue weighted by Crippen LogP contribution is -2.22. The van der Waals surface area contributed by atoms with Crippen molar-refractivity contribution < 1.29 is 18.7 Å². The van der Waals surface area contributed by atoms with Crippen LogP contribution >= 0.6 is 15.9 Å². The van der Waals surface area contributed by atoms with Gasteiger partial charge in [-0.25, -0.2) is 9.37 Å².